The van der Waals surface area contributed by atoms with E-state index in [1.807, 2.05) is 6.07 Å². The van der Waals surface area contributed by atoms with Gasteiger partial charge in [0, 0.05) is 16.2 Å². The third-order valence-electron chi connectivity index (χ3n) is 3.07. The quantitative estimate of drug-likeness (QED) is 0.828. The van der Waals surface area contributed by atoms with E-state index in [4.69, 9.17) is 5.73 Å². The molecule has 3 N–H and O–H groups in total. The molecule has 1 aliphatic rings. The summed E-state index contributed by atoms with van der Waals surface area (Å²) < 4.78 is 1.01. The maximum absolute atomic E-state index is 6.00. The van der Waals surface area contributed by atoms with Crippen LogP contribution >= 0.6 is 15.9 Å². The number of rotatable bonds is 3. The zero-order valence-corrected chi connectivity index (χ0v) is 10.4. The lowest BCUT2D eigenvalue weighted by Gasteiger charge is -2.11. The van der Waals surface area contributed by atoms with Crippen molar-refractivity contribution in [3.63, 3.8) is 0 Å². The van der Waals surface area contributed by atoms with Crippen LogP contribution in [0.1, 0.15) is 24.8 Å². The molecule has 1 aliphatic heterocycles. The lowest BCUT2D eigenvalue weighted by Crippen LogP contribution is -2.21. The maximum atomic E-state index is 6.00. The van der Waals surface area contributed by atoms with Crippen LogP contribution in [0.3, 0.4) is 0 Å². The number of benzene rings is 1. The molecule has 2 rings (SSSR count). The Balaban J connectivity index is 1.95. The summed E-state index contributed by atoms with van der Waals surface area (Å²) in [4.78, 5) is 0. The first-order valence-corrected chi connectivity index (χ1v) is 6.33. The van der Waals surface area contributed by atoms with Crippen LogP contribution in [0.4, 0.5) is 5.69 Å². The molecule has 0 saturated carbocycles. The van der Waals surface area contributed by atoms with Crippen molar-refractivity contribution in [2.24, 2.45) is 0 Å². The van der Waals surface area contributed by atoms with Crippen LogP contribution in [0, 0.1) is 0 Å². The minimum absolute atomic E-state index is 0.698. The number of hydrogen-bond donors (Lipinski definition) is 2. The first-order chi connectivity index (χ1) is 7.27. The molecule has 1 aromatic carbocycles. The molecule has 1 saturated heterocycles. The third kappa shape index (κ3) is 2.73. The van der Waals surface area contributed by atoms with Gasteiger partial charge in [-0.05, 0) is 59.8 Å². The topological polar surface area (TPSA) is 38.0 Å². The first-order valence-electron chi connectivity index (χ1n) is 5.53. The summed E-state index contributed by atoms with van der Waals surface area (Å²) in [5.74, 6) is 0. The van der Waals surface area contributed by atoms with Gasteiger partial charge in [0.2, 0.25) is 0 Å². The molecule has 0 aromatic heterocycles. The fourth-order valence-electron chi connectivity index (χ4n) is 2.13. The summed E-state index contributed by atoms with van der Waals surface area (Å²) >= 11 is 3.46. The summed E-state index contributed by atoms with van der Waals surface area (Å²) in [6.07, 6.45) is 4.90. The van der Waals surface area contributed by atoms with Gasteiger partial charge >= 0.3 is 0 Å². The van der Waals surface area contributed by atoms with E-state index in [0.29, 0.717) is 6.04 Å². The molecule has 0 bridgehead atoms. The van der Waals surface area contributed by atoms with E-state index in [1.165, 1.54) is 31.4 Å². The largest absolute Gasteiger partial charge is 0.398 e. The van der Waals surface area contributed by atoms with E-state index in [9.17, 15) is 0 Å². The summed E-state index contributed by atoms with van der Waals surface area (Å²) in [5.41, 5.74) is 8.16. The van der Waals surface area contributed by atoms with Crippen LogP contribution in [0.15, 0.2) is 22.7 Å². The van der Waals surface area contributed by atoms with Gasteiger partial charge in [0.15, 0.2) is 0 Å². The number of nitrogen functional groups attached to an aromatic ring is 1. The molecule has 0 amide bonds. The Morgan fingerprint density at radius 1 is 1.47 bits per heavy atom. The molecule has 0 radical (unpaired) electrons. The van der Waals surface area contributed by atoms with Crippen molar-refractivity contribution in [3.05, 3.63) is 28.2 Å². The third-order valence-corrected chi connectivity index (χ3v) is 3.76. The van der Waals surface area contributed by atoms with Crippen molar-refractivity contribution in [2.75, 3.05) is 12.3 Å². The average molecular weight is 269 g/mol. The minimum Gasteiger partial charge on any atom is -0.398 e. The van der Waals surface area contributed by atoms with E-state index in [2.05, 4.69) is 33.4 Å². The van der Waals surface area contributed by atoms with Crippen LogP contribution in [0.25, 0.3) is 0 Å². The predicted molar refractivity (Wildman–Crippen MR) is 67.9 cm³/mol. The highest BCUT2D eigenvalue weighted by molar-refractivity contribution is 9.10. The number of aryl methyl sites for hydroxylation is 1. The van der Waals surface area contributed by atoms with Gasteiger partial charge in [0.25, 0.3) is 0 Å². The molecule has 1 unspecified atom stereocenters. The number of nitrogens with one attached hydrogen (secondary N) is 1. The molecular formula is C12H17BrN2. The van der Waals surface area contributed by atoms with Crippen LogP contribution in [0.2, 0.25) is 0 Å². The second kappa shape index (κ2) is 4.99. The highest BCUT2D eigenvalue weighted by Crippen LogP contribution is 2.24. The summed E-state index contributed by atoms with van der Waals surface area (Å²) in [6.45, 7) is 1.18. The van der Waals surface area contributed by atoms with Crippen molar-refractivity contribution in [1.29, 1.82) is 0 Å². The van der Waals surface area contributed by atoms with E-state index in [0.717, 1.165) is 16.6 Å². The summed E-state index contributed by atoms with van der Waals surface area (Å²) in [7, 11) is 0. The highest BCUT2D eigenvalue weighted by Gasteiger charge is 2.14. The van der Waals surface area contributed by atoms with Crippen molar-refractivity contribution in [2.45, 2.75) is 31.7 Å². The average Bonchev–Trinajstić information content (AvgIpc) is 2.73. The van der Waals surface area contributed by atoms with E-state index in [1.54, 1.807) is 0 Å². The Morgan fingerprint density at radius 3 is 3.07 bits per heavy atom. The van der Waals surface area contributed by atoms with Crippen molar-refractivity contribution < 1.29 is 0 Å². The van der Waals surface area contributed by atoms with Gasteiger partial charge in [0.05, 0.1) is 0 Å². The second-order valence-electron chi connectivity index (χ2n) is 4.14. The predicted octanol–water partition coefficient (Wildman–Crippen LogP) is 2.72. The number of halogens is 1. The molecule has 1 heterocycles. The summed E-state index contributed by atoms with van der Waals surface area (Å²) in [5, 5.41) is 3.51. The number of para-hydroxylation sites is 1. The van der Waals surface area contributed by atoms with Gasteiger partial charge in [-0.1, -0.05) is 12.1 Å². The number of hydrogen-bond acceptors (Lipinski definition) is 2. The highest BCUT2D eigenvalue weighted by atomic mass is 79.9. The van der Waals surface area contributed by atoms with Gasteiger partial charge in [-0.15, -0.1) is 0 Å². The molecule has 1 fully saturated rings. The maximum Gasteiger partial charge on any atom is 0.0491 e. The zero-order chi connectivity index (χ0) is 10.7. The van der Waals surface area contributed by atoms with Crippen molar-refractivity contribution in [3.8, 4) is 0 Å². The molecule has 0 aliphatic carbocycles. The van der Waals surface area contributed by atoms with Crippen LogP contribution in [-0.2, 0) is 6.42 Å². The standard InChI is InChI=1S/C12H17BrN2/c13-11-5-1-3-9(12(11)14)6-7-10-4-2-8-15-10/h1,3,5,10,15H,2,4,6-8,14H2. The molecular weight excluding hydrogens is 252 g/mol. The normalized spacial score (nSPS) is 20.7. The van der Waals surface area contributed by atoms with Crippen LogP contribution < -0.4 is 11.1 Å². The molecule has 15 heavy (non-hydrogen) atoms. The fraction of sp³-hybridized carbons (Fsp3) is 0.500. The lowest BCUT2D eigenvalue weighted by atomic mass is 10.0. The summed E-state index contributed by atoms with van der Waals surface area (Å²) in [6, 6.07) is 6.86. The number of anilines is 1. The first kappa shape index (κ1) is 11.0. The Kier molecular flexibility index (Phi) is 3.65. The van der Waals surface area contributed by atoms with Gasteiger partial charge in [-0.25, -0.2) is 0 Å². The van der Waals surface area contributed by atoms with Crippen LogP contribution in [0.5, 0.6) is 0 Å². The smallest absolute Gasteiger partial charge is 0.0491 e. The molecule has 2 nitrogen and oxygen atoms in total. The lowest BCUT2D eigenvalue weighted by molar-refractivity contribution is 0.559. The molecule has 3 heteroatoms. The SMILES string of the molecule is Nc1c(Br)cccc1CCC1CCCN1. The van der Waals surface area contributed by atoms with Gasteiger partial charge in [-0.2, -0.15) is 0 Å². The Morgan fingerprint density at radius 2 is 2.33 bits per heavy atom. The monoisotopic (exact) mass is 268 g/mol. The molecule has 0 spiro atoms. The Labute approximate surface area is 99.4 Å². The van der Waals surface area contributed by atoms with Gasteiger partial charge < -0.3 is 11.1 Å². The van der Waals surface area contributed by atoms with Gasteiger partial charge in [-0.3, -0.25) is 0 Å². The Bertz CT molecular complexity index is 332. The Hall–Kier alpha value is -0.540. The molecule has 82 valence electrons. The second-order valence-corrected chi connectivity index (χ2v) is 5.00. The zero-order valence-electron chi connectivity index (χ0n) is 8.80. The van der Waals surface area contributed by atoms with Crippen LogP contribution in [-0.4, -0.2) is 12.6 Å². The van der Waals surface area contributed by atoms with E-state index in [-0.39, 0.29) is 0 Å². The van der Waals surface area contributed by atoms with E-state index < -0.39 is 0 Å². The van der Waals surface area contributed by atoms with Crippen molar-refractivity contribution >= 4 is 21.6 Å². The van der Waals surface area contributed by atoms with Crippen molar-refractivity contribution in [1.82, 2.24) is 5.32 Å². The molecule has 1 atom stereocenters. The number of nitrogens with two attached hydrogens (primary N) is 1. The minimum atomic E-state index is 0.698. The fourth-order valence-corrected chi connectivity index (χ4v) is 2.54. The molecule has 1 aromatic rings. The van der Waals surface area contributed by atoms with Gasteiger partial charge in [0.1, 0.15) is 0 Å². The van der Waals surface area contributed by atoms with E-state index >= 15 is 0 Å².